The topological polar surface area (TPSA) is 294 Å². The first-order chi connectivity index (χ1) is 27.0. The number of rotatable bonds is 12. The van der Waals surface area contributed by atoms with E-state index >= 15 is 0 Å². The highest BCUT2D eigenvalue weighted by molar-refractivity contribution is 5.69. The van der Waals surface area contributed by atoms with Crippen LogP contribution in [0.4, 0.5) is 20.1 Å². The molecule has 2 heterocycles. The highest BCUT2D eigenvalue weighted by atomic mass is 16.7. The summed E-state index contributed by atoms with van der Waals surface area (Å²) in [7, 11) is 1.55. The Morgan fingerprint density at radius 1 is 0.931 bits per heavy atom. The van der Waals surface area contributed by atoms with Crippen LogP contribution in [0.15, 0.2) is 36.1 Å². The molecule has 1 aliphatic carbocycles. The summed E-state index contributed by atoms with van der Waals surface area (Å²) in [4.78, 5) is 49.0. The largest absolute Gasteiger partial charge is 0.465 e. The number of amides is 3. The molecule has 0 radical (unpaired) electrons. The van der Waals surface area contributed by atoms with E-state index in [1.54, 1.807) is 54.7 Å². The number of nitrogens with two attached hydrogens (primary N) is 1. The zero-order valence-corrected chi connectivity index (χ0v) is 34.0. The molecule has 9 N–H and O–H groups in total. The van der Waals surface area contributed by atoms with Crippen molar-refractivity contribution in [2.75, 3.05) is 20.2 Å². The van der Waals surface area contributed by atoms with Crippen LogP contribution in [0.25, 0.3) is 0 Å². The number of carbonyl (C=O) groups is 3. The van der Waals surface area contributed by atoms with Gasteiger partial charge in [0, 0.05) is 18.2 Å². The Kier molecular flexibility index (Phi) is 15.3. The molecule has 0 bridgehead atoms. The van der Waals surface area contributed by atoms with Crippen LogP contribution >= 0.6 is 0 Å². The summed E-state index contributed by atoms with van der Waals surface area (Å²) in [5, 5.41) is 55.5. The predicted octanol–water partition coefficient (Wildman–Crippen LogP) is 1.16. The summed E-state index contributed by atoms with van der Waals surface area (Å²) in [6.45, 7) is 11.0. The molecular weight excluding hydrogens is 768 g/mol. The normalized spacial score (nSPS) is 31.5. The Labute approximate surface area is 336 Å². The molecule has 0 aromatic heterocycles. The highest BCUT2D eigenvalue weighted by Crippen LogP contribution is 2.32. The van der Waals surface area contributed by atoms with Crippen LogP contribution in [0.5, 0.6) is 0 Å². The quantitative estimate of drug-likeness (QED) is 0.0833. The lowest BCUT2D eigenvalue weighted by Crippen LogP contribution is -2.69. The average Bonchev–Trinajstić information content (AvgIpc) is 3.10. The maximum absolute atomic E-state index is 13.1. The van der Waals surface area contributed by atoms with E-state index in [9.17, 15) is 39.8 Å². The Hall–Kier alpha value is -4.35. The Morgan fingerprint density at radius 3 is 2.09 bits per heavy atom. The van der Waals surface area contributed by atoms with E-state index < -0.39 is 101 Å². The molecule has 3 aliphatic rings. The van der Waals surface area contributed by atoms with Crippen LogP contribution in [-0.2, 0) is 39.8 Å². The number of non-ortho nitro benzene ring substituents is 1. The van der Waals surface area contributed by atoms with Crippen molar-refractivity contribution in [1.82, 2.24) is 21.3 Å². The molecule has 326 valence electrons. The van der Waals surface area contributed by atoms with Gasteiger partial charge in [0.05, 0.1) is 36.2 Å². The summed E-state index contributed by atoms with van der Waals surface area (Å²) in [6.07, 6.45) is -9.15. The number of alkyl carbamates (subject to hydrolysis) is 3. The maximum Gasteiger partial charge on any atom is 0.408 e. The lowest BCUT2D eigenvalue weighted by Gasteiger charge is -2.48. The van der Waals surface area contributed by atoms with Crippen LogP contribution < -0.4 is 27.0 Å². The molecule has 1 saturated heterocycles. The van der Waals surface area contributed by atoms with Gasteiger partial charge in [-0.25, -0.2) is 14.4 Å². The van der Waals surface area contributed by atoms with Crippen LogP contribution in [0.1, 0.15) is 66.9 Å². The average molecular weight is 827 g/mol. The lowest BCUT2D eigenvalue weighted by molar-refractivity contribution is -0.384. The SMILES string of the molecule is CN[C@@H]1[C@@H](O)[C@@H](O[C@@H]2[C@@H](O)[C@H](O[C@H]3OC(CNC(=O)OCc4ccc([N+](=O)[O-])cc4)=CC[C@H]3NC(=O)OC(C)(C)C)[C@@H](NC(=O)OC(C)(C)C)C[C@H]2N)OC[C@]1(C)O. The number of nitrogens with zero attached hydrogens (tertiary/aromatic N) is 1. The highest BCUT2D eigenvalue weighted by Gasteiger charge is 2.52. The molecule has 11 atom stereocenters. The van der Waals surface area contributed by atoms with Crippen molar-refractivity contribution >= 4 is 24.0 Å². The maximum atomic E-state index is 13.1. The second-order valence-electron chi connectivity index (χ2n) is 16.6. The van der Waals surface area contributed by atoms with E-state index in [2.05, 4.69) is 21.3 Å². The first-order valence-corrected chi connectivity index (χ1v) is 18.9. The molecule has 0 spiro atoms. The van der Waals surface area contributed by atoms with Gasteiger partial charge in [-0.1, -0.05) is 0 Å². The summed E-state index contributed by atoms with van der Waals surface area (Å²) < 4.78 is 40.5. The number of carbonyl (C=O) groups excluding carboxylic acids is 3. The molecule has 58 heavy (non-hydrogen) atoms. The number of ether oxygens (including phenoxy) is 7. The van der Waals surface area contributed by atoms with Gasteiger partial charge < -0.3 is 75.5 Å². The fraction of sp³-hybridized carbons (Fsp3) is 0.703. The van der Waals surface area contributed by atoms with E-state index in [1.807, 2.05) is 0 Å². The van der Waals surface area contributed by atoms with Crippen molar-refractivity contribution in [3.05, 3.63) is 51.8 Å². The van der Waals surface area contributed by atoms with Crippen molar-refractivity contribution in [2.45, 2.75) is 146 Å². The van der Waals surface area contributed by atoms with Gasteiger partial charge in [0.1, 0.15) is 53.6 Å². The standard InChI is InChI=1S/C37H58N6O15/c1-35(2,3)57-33(47)41-23-14-13-21(16-40-32(46)52-17-19-9-11-20(12-10-19)43(50)51)54-30(23)56-28-24(42-34(48)58-36(4,5)6)15-22(38)27(25(28)44)55-31-26(45)29(39-8)37(7,49)18-53-31/h9-13,22-31,39,44-45,49H,14-18,38H2,1-8H3,(H,40,46)(H,41,47)(H,42,48)/t22-,23-,24+,25-,26-,27+,28-,29-,30-,31-,37+/m1/s1. The summed E-state index contributed by atoms with van der Waals surface area (Å²) in [5.41, 5.74) is 3.75. The van der Waals surface area contributed by atoms with Crippen molar-refractivity contribution in [3.8, 4) is 0 Å². The number of nitro groups is 1. The zero-order valence-electron chi connectivity index (χ0n) is 34.0. The lowest BCUT2D eigenvalue weighted by atomic mass is 9.83. The monoisotopic (exact) mass is 826 g/mol. The minimum absolute atomic E-state index is 0.0383. The van der Waals surface area contributed by atoms with Crippen molar-refractivity contribution in [3.63, 3.8) is 0 Å². The first kappa shape index (κ1) is 46.3. The molecule has 1 aromatic carbocycles. The second kappa shape index (κ2) is 19.1. The number of nitro benzene ring substituents is 1. The van der Waals surface area contributed by atoms with Crippen LogP contribution in [0.3, 0.4) is 0 Å². The van der Waals surface area contributed by atoms with Gasteiger partial charge in [-0.2, -0.15) is 0 Å². The van der Waals surface area contributed by atoms with E-state index in [-0.39, 0.29) is 44.0 Å². The third-order valence-electron chi connectivity index (χ3n) is 9.27. The third kappa shape index (κ3) is 13.1. The number of aliphatic hydroxyl groups is 3. The van der Waals surface area contributed by atoms with E-state index in [0.29, 0.717) is 5.56 Å². The van der Waals surface area contributed by atoms with Crippen molar-refractivity contribution in [1.29, 1.82) is 0 Å². The van der Waals surface area contributed by atoms with Gasteiger partial charge in [0.25, 0.3) is 5.69 Å². The molecule has 1 aromatic rings. The number of nitrogens with one attached hydrogen (secondary N) is 4. The second-order valence-corrected chi connectivity index (χ2v) is 16.6. The van der Waals surface area contributed by atoms with Crippen LogP contribution in [-0.4, -0.2) is 137 Å². The molecule has 3 amide bonds. The summed E-state index contributed by atoms with van der Waals surface area (Å²) >= 11 is 0. The van der Waals surface area contributed by atoms with Crippen LogP contribution in [0, 0.1) is 10.1 Å². The van der Waals surface area contributed by atoms with Gasteiger partial charge in [-0.3, -0.25) is 10.1 Å². The zero-order chi connectivity index (χ0) is 43.2. The minimum atomic E-state index is -1.62. The smallest absolute Gasteiger partial charge is 0.408 e. The molecule has 21 heteroatoms. The molecule has 2 aliphatic heterocycles. The molecule has 4 rings (SSSR count). The first-order valence-electron chi connectivity index (χ1n) is 18.9. The van der Waals surface area contributed by atoms with E-state index in [1.165, 1.54) is 31.2 Å². The summed E-state index contributed by atoms with van der Waals surface area (Å²) in [6, 6.07) is 1.71. The van der Waals surface area contributed by atoms with Crippen molar-refractivity contribution in [2.24, 2.45) is 5.73 Å². The third-order valence-corrected chi connectivity index (χ3v) is 9.27. The number of hydrogen-bond acceptors (Lipinski definition) is 17. The molecule has 1 saturated carbocycles. The molecule has 2 fully saturated rings. The number of aliphatic hydroxyl groups excluding tert-OH is 2. The Morgan fingerprint density at radius 2 is 1.52 bits per heavy atom. The molecule has 21 nitrogen and oxygen atoms in total. The number of benzene rings is 1. The van der Waals surface area contributed by atoms with Gasteiger partial charge >= 0.3 is 18.3 Å². The van der Waals surface area contributed by atoms with E-state index in [4.69, 9.17) is 38.9 Å². The van der Waals surface area contributed by atoms with Gasteiger partial charge in [-0.05, 0) is 92.1 Å². The Bertz CT molecular complexity index is 1610. The Balaban J connectivity index is 1.55. The molecule has 0 unspecified atom stereocenters. The molecular formula is C37H58N6O15. The fourth-order valence-electron chi connectivity index (χ4n) is 6.62. The van der Waals surface area contributed by atoms with Gasteiger partial charge in [0.15, 0.2) is 6.29 Å². The predicted molar refractivity (Wildman–Crippen MR) is 203 cm³/mol. The van der Waals surface area contributed by atoms with Gasteiger partial charge in [-0.15, -0.1) is 0 Å². The van der Waals surface area contributed by atoms with Crippen LogP contribution in [0.2, 0.25) is 0 Å². The minimum Gasteiger partial charge on any atom is -0.465 e. The summed E-state index contributed by atoms with van der Waals surface area (Å²) in [5.74, 6) is 0.190. The fourth-order valence-corrected chi connectivity index (χ4v) is 6.62. The van der Waals surface area contributed by atoms with Crippen molar-refractivity contribution < 1.29 is 67.8 Å². The number of hydrogen-bond donors (Lipinski definition) is 8. The van der Waals surface area contributed by atoms with E-state index in [0.717, 1.165) is 0 Å². The van der Waals surface area contributed by atoms with Gasteiger partial charge in [0.2, 0.25) is 6.29 Å². The number of likely N-dealkylation sites (N-methyl/N-ethyl adjacent to an activating group) is 1.